The first-order valence-electron chi connectivity index (χ1n) is 5.72. The van der Waals surface area contributed by atoms with Crippen molar-refractivity contribution in [1.29, 1.82) is 0 Å². The first-order valence-corrected chi connectivity index (χ1v) is 5.72. The third-order valence-electron chi connectivity index (χ3n) is 2.69. The molecule has 0 amide bonds. The van der Waals surface area contributed by atoms with Crippen LogP contribution in [0.4, 0.5) is 4.39 Å². The van der Waals surface area contributed by atoms with E-state index in [1.807, 2.05) is 13.0 Å². The molecule has 4 heteroatoms. The minimum Gasteiger partial charge on any atom is -0.487 e. The molecule has 2 rings (SSSR count). The van der Waals surface area contributed by atoms with Crippen molar-refractivity contribution >= 4 is 0 Å². The second-order valence-electron chi connectivity index (χ2n) is 4.01. The molecule has 18 heavy (non-hydrogen) atoms. The van der Waals surface area contributed by atoms with Gasteiger partial charge in [-0.05, 0) is 36.8 Å². The van der Waals surface area contributed by atoms with E-state index in [1.165, 1.54) is 6.07 Å². The summed E-state index contributed by atoms with van der Waals surface area (Å²) in [6, 6.07) is 8.41. The fraction of sp³-hybridized carbons (Fsp3) is 0.214. The molecule has 1 aromatic carbocycles. The van der Waals surface area contributed by atoms with Gasteiger partial charge in [-0.25, -0.2) is 4.39 Å². The number of hydrogen-bond donors (Lipinski definition) is 1. The van der Waals surface area contributed by atoms with Crippen LogP contribution < -0.4 is 10.5 Å². The lowest BCUT2D eigenvalue weighted by Gasteiger charge is -2.09. The molecular weight excluding hydrogens is 231 g/mol. The molecule has 0 spiro atoms. The first-order chi connectivity index (χ1) is 8.70. The van der Waals surface area contributed by atoms with Crippen molar-refractivity contribution in [3.63, 3.8) is 0 Å². The van der Waals surface area contributed by atoms with Crippen molar-refractivity contribution in [2.24, 2.45) is 5.73 Å². The van der Waals surface area contributed by atoms with Crippen LogP contribution in [0.3, 0.4) is 0 Å². The van der Waals surface area contributed by atoms with Gasteiger partial charge in [0.2, 0.25) is 0 Å². The zero-order chi connectivity index (χ0) is 13.0. The first kappa shape index (κ1) is 12.5. The number of halogens is 1. The highest BCUT2D eigenvalue weighted by atomic mass is 19.1. The van der Waals surface area contributed by atoms with Gasteiger partial charge in [0.05, 0.1) is 5.69 Å². The van der Waals surface area contributed by atoms with E-state index in [2.05, 4.69) is 4.98 Å². The maximum Gasteiger partial charge on any atom is 0.141 e. The summed E-state index contributed by atoms with van der Waals surface area (Å²) in [7, 11) is 0. The number of nitrogens with two attached hydrogens (primary N) is 1. The largest absolute Gasteiger partial charge is 0.487 e. The van der Waals surface area contributed by atoms with Crippen LogP contribution >= 0.6 is 0 Å². The van der Waals surface area contributed by atoms with Gasteiger partial charge in [0.25, 0.3) is 0 Å². The SMILES string of the molecule is Cc1ncccc1OCc1cc(CN)ccc1F. The van der Waals surface area contributed by atoms with Crippen LogP contribution in [0.25, 0.3) is 0 Å². The Hall–Kier alpha value is -1.94. The maximum atomic E-state index is 13.6. The van der Waals surface area contributed by atoms with Crippen molar-refractivity contribution in [3.8, 4) is 5.75 Å². The summed E-state index contributed by atoms with van der Waals surface area (Å²) < 4.78 is 19.1. The van der Waals surface area contributed by atoms with E-state index < -0.39 is 0 Å². The fourth-order valence-electron chi connectivity index (χ4n) is 1.64. The van der Waals surface area contributed by atoms with Crippen molar-refractivity contribution in [2.75, 3.05) is 0 Å². The van der Waals surface area contributed by atoms with E-state index in [1.54, 1.807) is 24.4 Å². The number of hydrogen-bond acceptors (Lipinski definition) is 3. The van der Waals surface area contributed by atoms with E-state index in [-0.39, 0.29) is 12.4 Å². The molecular formula is C14H15FN2O. The van der Waals surface area contributed by atoms with Crippen molar-refractivity contribution in [3.05, 3.63) is 59.2 Å². The van der Waals surface area contributed by atoms with Crippen LogP contribution in [-0.4, -0.2) is 4.98 Å². The van der Waals surface area contributed by atoms with E-state index >= 15 is 0 Å². The third-order valence-corrected chi connectivity index (χ3v) is 2.69. The Balaban J connectivity index is 2.13. The number of rotatable bonds is 4. The quantitative estimate of drug-likeness (QED) is 0.902. The average Bonchev–Trinajstić information content (AvgIpc) is 2.39. The molecule has 94 valence electrons. The Labute approximate surface area is 105 Å². The number of ether oxygens (including phenoxy) is 1. The Morgan fingerprint density at radius 1 is 1.33 bits per heavy atom. The molecule has 0 aliphatic carbocycles. The van der Waals surface area contributed by atoms with Gasteiger partial charge in [0.15, 0.2) is 0 Å². The number of aryl methyl sites for hydroxylation is 1. The van der Waals surface area contributed by atoms with Crippen LogP contribution in [0.2, 0.25) is 0 Å². The summed E-state index contributed by atoms with van der Waals surface area (Å²) in [4.78, 5) is 4.11. The summed E-state index contributed by atoms with van der Waals surface area (Å²) in [5, 5.41) is 0. The van der Waals surface area contributed by atoms with Crippen LogP contribution in [0.5, 0.6) is 5.75 Å². The smallest absolute Gasteiger partial charge is 0.141 e. The molecule has 0 unspecified atom stereocenters. The zero-order valence-corrected chi connectivity index (χ0v) is 10.2. The van der Waals surface area contributed by atoms with Crippen molar-refractivity contribution in [1.82, 2.24) is 4.98 Å². The maximum absolute atomic E-state index is 13.6. The summed E-state index contributed by atoms with van der Waals surface area (Å²) in [6.07, 6.45) is 1.69. The Kier molecular flexibility index (Phi) is 3.89. The topological polar surface area (TPSA) is 48.1 Å². The van der Waals surface area contributed by atoms with Gasteiger partial charge >= 0.3 is 0 Å². The molecule has 0 saturated carbocycles. The minimum atomic E-state index is -0.284. The van der Waals surface area contributed by atoms with Gasteiger partial charge in [-0.2, -0.15) is 0 Å². The average molecular weight is 246 g/mol. The molecule has 0 fully saturated rings. The van der Waals surface area contributed by atoms with E-state index in [9.17, 15) is 4.39 Å². The number of benzene rings is 1. The second kappa shape index (κ2) is 5.60. The van der Waals surface area contributed by atoms with Crippen molar-refractivity contribution < 1.29 is 9.13 Å². The van der Waals surface area contributed by atoms with Gasteiger partial charge in [-0.15, -0.1) is 0 Å². The molecule has 2 aromatic rings. The predicted octanol–water partition coefficient (Wildman–Crippen LogP) is 2.57. The second-order valence-corrected chi connectivity index (χ2v) is 4.01. The van der Waals surface area contributed by atoms with Gasteiger partial charge in [0.1, 0.15) is 18.2 Å². The lowest BCUT2D eigenvalue weighted by atomic mass is 10.1. The predicted molar refractivity (Wildman–Crippen MR) is 67.6 cm³/mol. The number of pyridine rings is 1. The highest BCUT2D eigenvalue weighted by Gasteiger charge is 2.05. The van der Waals surface area contributed by atoms with Gasteiger partial charge in [-0.3, -0.25) is 4.98 Å². The fourth-order valence-corrected chi connectivity index (χ4v) is 1.64. The number of nitrogens with zero attached hydrogens (tertiary/aromatic N) is 1. The molecule has 2 N–H and O–H groups in total. The highest BCUT2D eigenvalue weighted by molar-refractivity contribution is 5.28. The Bertz CT molecular complexity index is 543. The molecule has 0 bridgehead atoms. The summed E-state index contributed by atoms with van der Waals surface area (Å²) in [5.74, 6) is 0.379. The molecule has 1 aromatic heterocycles. The molecule has 3 nitrogen and oxygen atoms in total. The Morgan fingerprint density at radius 3 is 2.89 bits per heavy atom. The summed E-state index contributed by atoms with van der Waals surface area (Å²) >= 11 is 0. The third kappa shape index (κ3) is 2.84. The van der Waals surface area contributed by atoms with Crippen LogP contribution in [0, 0.1) is 12.7 Å². The molecule has 1 heterocycles. The highest BCUT2D eigenvalue weighted by Crippen LogP contribution is 2.17. The Morgan fingerprint density at radius 2 is 2.17 bits per heavy atom. The van der Waals surface area contributed by atoms with Crippen LogP contribution in [-0.2, 0) is 13.2 Å². The lowest BCUT2D eigenvalue weighted by Crippen LogP contribution is -2.03. The monoisotopic (exact) mass is 246 g/mol. The summed E-state index contributed by atoms with van der Waals surface area (Å²) in [5.41, 5.74) is 7.70. The van der Waals surface area contributed by atoms with E-state index in [0.29, 0.717) is 17.9 Å². The van der Waals surface area contributed by atoms with Gasteiger partial charge < -0.3 is 10.5 Å². The zero-order valence-electron chi connectivity index (χ0n) is 10.2. The normalized spacial score (nSPS) is 10.4. The lowest BCUT2D eigenvalue weighted by molar-refractivity contribution is 0.296. The number of aromatic nitrogens is 1. The molecule has 0 aliphatic heterocycles. The molecule has 0 aliphatic rings. The molecule has 0 radical (unpaired) electrons. The van der Waals surface area contributed by atoms with Gasteiger partial charge in [0, 0.05) is 18.3 Å². The van der Waals surface area contributed by atoms with E-state index in [4.69, 9.17) is 10.5 Å². The molecule has 0 atom stereocenters. The van der Waals surface area contributed by atoms with Crippen LogP contribution in [0.1, 0.15) is 16.8 Å². The van der Waals surface area contributed by atoms with Crippen LogP contribution in [0.15, 0.2) is 36.5 Å². The van der Waals surface area contributed by atoms with E-state index in [0.717, 1.165) is 11.3 Å². The molecule has 0 saturated heterocycles. The van der Waals surface area contributed by atoms with Gasteiger partial charge in [-0.1, -0.05) is 6.07 Å². The van der Waals surface area contributed by atoms with Crippen molar-refractivity contribution in [2.45, 2.75) is 20.1 Å². The minimum absolute atomic E-state index is 0.173. The summed E-state index contributed by atoms with van der Waals surface area (Å²) in [6.45, 7) is 2.41. The standard InChI is InChI=1S/C14H15FN2O/c1-10-14(3-2-6-17-10)18-9-12-7-11(8-16)4-5-13(12)15/h2-7H,8-9,16H2,1H3.